The van der Waals surface area contributed by atoms with Gasteiger partial charge in [-0.1, -0.05) is 121 Å². The third-order valence-electron chi connectivity index (χ3n) is 13.7. The summed E-state index contributed by atoms with van der Waals surface area (Å²) in [6.07, 6.45) is 0.652. The molecule has 0 spiro atoms. The van der Waals surface area contributed by atoms with Gasteiger partial charge in [0.1, 0.15) is 54.7 Å². The number of hydrogen-bond donors (Lipinski definition) is 9. The standard InChI is InChI=1S/C58H66N10O9/c59-27-13-12-22-46-52(69)64-47(30-38-23-25-42(26-24-38)76-36-39-16-6-2-7-17-39)53(70)66-49(31-37-14-4-1-5-15-37)57(74)68-35-43(77-58(75)61-29-28-60)33-50(68)55(72)67-51(40-18-8-3-9-19-40)56(73)65-48(54(71)63-46)32-41-34-62-45-21-11-10-20-44(41)45/h1-11,14-21,23-26,34,43,46-51,62H,12-13,22,27-33,35-36,59-60H2,(H,61,75)(H,63,71)(H,64,69)(H,65,73)(H,66,70)(H,67,72)/t43?,46-,47-,48+,49+,50-,51-/m0/s1. The Hall–Kier alpha value is -8.55. The number of para-hydroxylation sites is 1. The number of carbonyl (C=O) groups excluding carboxylic acids is 7. The van der Waals surface area contributed by atoms with Crippen molar-refractivity contribution >= 4 is 52.4 Å². The monoisotopic (exact) mass is 1050 g/mol. The van der Waals surface area contributed by atoms with Crippen molar-refractivity contribution in [2.45, 2.75) is 93.9 Å². The fourth-order valence-electron chi connectivity index (χ4n) is 9.65. The van der Waals surface area contributed by atoms with Gasteiger partial charge in [-0.2, -0.15) is 0 Å². The summed E-state index contributed by atoms with van der Waals surface area (Å²) in [6.45, 7) is 0.617. The molecule has 8 rings (SSSR count). The van der Waals surface area contributed by atoms with Crippen LogP contribution in [0.3, 0.4) is 0 Å². The molecular weight excluding hydrogens is 981 g/mol. The smallest absolute Gasteiger partial charge is 0.407 e. The topological polar surface area (TPSA) is 281 Å². The van der Waals surface area contributed by atoms with Crippen molar-refractivity contribution in [2.75, 3.05) is 26.2 Å². The third-order valence-corrected chi connectivity index (χ3v) is 13.7. The van der Waals surface area contributed by atoms with Crippen molar-refractivity contribution < 1.29 is 43.0 Å². The van der Waals surface area contributed by atoms with E-state index >= 15 is 9.59 Å². The largest absolute Gasteiger partial charge is 0.489 e. The number of rotatable bonds is 17. The number of unbranched alkanes of at least 4 members (excludes halogenated alkanes) is 1. The van der Waals surface area contributed by atoms with E-state index in [1.165, 1.54) is 4.90 Å². The number of nitrogens with zero attached hydrogens (tertiary/aromatic N) is 1. The number of H-pyrrole nitrogens is 1. The molecule has 7 amide bonds. The van der Waals surface area contributed by atoms with Gasteiger partial charge in [0.2, 0.25) is 35.4 Å². The van der Waals surface area contributed by atoms with Crippen LogP contribution in [0.15, 0.2) is 146 Å². The molecule has 1 aromatic heterocycles. The molecule has 3 heterocycles. The highest BCUT2D eigenvalue weighted by Gasteiger charge is 2.45. The summed E-state index contributed by atoms with van der Waals surface area (Å²) in [5, 5.41) is 17.9. The van der Waals surface area contributed by atoms with Crippen molar-refractivity contribution in [3.8, 4) is 5.75 Å². The zero-order chi connectivity index (χ0) is 54.1. The van der Waals surface area contributed by atoms with E-state index in [1.807, 2.05) is 60.7 Å². The first-order chi connectivity index (χ1) is 37.5. The quantitative estimate of drug-likeness (QED) is 0.0598. The highest BCUT2D eigenvalue weighted by molar-refractivity contribution is 5.99. The van der Waals surface area contributed by atoms with Crippen LogP contribution in [0.25, 0.3) is 10.9 Å². The molecule has 11 N–H and O–H groups in total. The predicted molar refractivity (Wildman–Crippen MR) is 288 cm³/mol. The number of amides is 7. The van der Waals surface area contributed by atoms with Crippen LogP contribution in [0.5, 0.6) is 5.75 Å². The molecule has 6 aromatic rings. The van der Waals surface area contributed by atoms with E-state index < -0.39 is 83.9 Å². The number of aromatic amines is 1. The first-order valence-corrected chi connectivity index (χ1v) is 26.0. The number of aromatic nitrogens is 1. The summed E-state index contributed by atoms with van der Waals surface area (Å²) in [7, 11) is 0. The molecule has 0 bridgehead atoms. The Kier molecular flexibility index (Phi) is 19.0. The second kappa shape index (κ2) is 26.8. The summed E-state index contributed by atoms with van der Waals surface area (Å²) in [5.41, 5.74) is 15.7. The van der Waals surface area contributed by atoms with E-state index in [1.54, 1.807) is 85.1 Å². The Bertz CT molecular complexity index is 2960. The van der Waals surface area contributed by atoms with E-state index in [2.05, 4.69) is 36.9 Å². The maximum atomic E-state index is 15.3. The van der Waals surface area contributed by atoms with E-state index in [4.69, 9.17) is 20.9 Å². The van der Waals surface area contributed by atoms with Crippen LogP contribution in [0.1, 0.15) is 59.5 Å². The molecule has 7 atom stereocenters. The normalized spacial score (nSPS) is 21.6. The Balaban J connectivity index is 1.19. The molecular formula is C58H66N10O9. The lowest BCUT2D eigenvalue weighted by molar-refractivity contribution is -0.143. The average Bonchev–Trinajstić information content (AvgIpc) is 4.08. The van der Waals surface area contributed by atoms with Gasteiger partial charge in [-0.25, -0.2) is 4.79 Å². The van der Waals surface area contributed by atoms with E-state index in [9.17, 15) is 24.0 Å². The van der Waals surface area contributed by atoms with Crippen molar-refractivity contribution in [1.29, 1.82) is 0 Å². The molecule has 0 radical (unpaired) electrons. The average molecular weight is 1050 g/mol. The first-order valence-electron chi connectivity index (χ1n) is 26.0. The third kappa shape index (κ3) is 14.9. The van der Waals surface area contributed by atoms with Gasteiger partial charge >= 0.3 is 6.09 Å². The summed E-state index contributed by atoms with van der Waals surface area (Å²) in [4.78, 5) is 107. The van der Waals surface area contributed by atoms with Crippen LogP contribution >= 0.6 is 0 Å². The lowest BCUT2D eigenvalue weighted by Gasteiger charge is -2.32. The Morgan fingerprint density at radius 3 is 1.87 bits per heavy atom. The molecule has 5 aromatic carbocycles. The molecule has 2 aliphatic heterocycles. The summed E-state index contributed by atoms with van der Waals surface area (Å²) < 4.78 is 11.8. The van der Waals surface area contributed by atoms with Crippen molar-refractivity contribution in [3.05, 3.63) is 174 Å². The van der Waals surface area contributed by atoms with Crippen LogP contribution in [-0.4, -0.2) is 114 Å². The maximum absolute atomic E-state index is 15.3. The Morgan fingerprint density at radius 2 is 1.17 bits per heavy atom. The van der Waals surface area contributed by atoms with Crippen LogP contribution < -0.4 is 48.1 Å². The van der Waals surface area contributed by atoms with E-state index in [0.717, 1.165) is 16.5 Å². The number of nitrogens with two attached hydrogens (primary N) is 2. The molecule has 402 valence electrons. The number of alkyl carbamates (subject to hydrolysis) is 1. The van der Waals surface area contributed by atoms with Crippen LogP contribution in [0.4, 0.5) is 4.79 Å². The van der Waals surface area contributed by atoms with Crippen LogP contribution in [-0.2, 0) is 59.4 Å². The minimum absolute atomic E-state index is 0.0385. The van der Waals surface area contributed by atoms with Crippen molar-refractivity contribution in [3.63, 3.8) is 0 Å². The minimum atomic E-state index is -1.42. The van der Waals surface area contributed by atoms with Crippen LogP contribution in [0.2, 0.25) is 0 Å². The highest BCUT2D eigenvalue weighted by atomic mass is 16.6. The number of carbonyl (C=O) groups is 7. The molecule has 0 saturated carbocycles. The summed E-state index contributed by atoms with van der Waals surface area (Å²) >= 11 is 0. The van der Waals surface area contributed by atoms with Gasteiger partial charge < -0.3 is 62.7 Å². The molecule has 2 aliphatic rings. The van der Waals surface area contributed by atoms with Crippen molar-refractivity contribution in [1.82, 2.24) is 41.8 Å². The SMILES string of the molecule is NCCCC[C@@H]1NC(=O)[C@@H](Cc2c[nH]c3ccccc23)NC(=O)[C@H](c2ccccc2)NC(=O)[C@@H]2CC(OC(=O)NCCN)CN2C(=O)[C@@H](Cc2ccccc2)NC(=O)[C@H](Cc2ccc(OCc3ccccc3)cc2)NC1=O. The molecule has 1 unspecified atom stereocenters. The zero-order valence-corrected chi connectivity index (χ0v) is 42.7. The van der Waals surface area contributed by atoms with Gasteiger partial charge in [-0.05, 0) is 71.8 Å². The minimum Gasteiger partial charge on any atom is -0.489 e. The van der Waals surface area contributed by atoms with Gasteiger partial charge in [0.05, 0.1) is 6.54 Å². The van der Waals surface area contributed by atoms with Crippen LogP contribution in [0, 0.1) is 0 Å². The molecule has 19 nitrogen and oxygen atoms in total. The maximum Gasteiger partial charge on any atom is 0.407 e. The Morgan fingerprint density at radius 1 is 0.584 bits per heavy atom. The fourth-order valence-corrected chi connectivity index (χ4v) is 9.65. The number of nitrogens with one attached hydrogen (secondary N) is 7. The molecule has 2 fully saturated rings. The fraction of sp³-hybridized carbons (Fsp3) is 0.328. The van der Waals surface area contributed by atoms with Gasteiger partial charge in [0.15, 0.2) is 0 Å². The Labute approximate surface area is 446 Å². The van der Waals surface area contributed by atoms with Crippen molar-refractivity contribution in [2.24, 2.45) is 11.5 Å². The molecule has 0 aliphatic carbocycles. The lowest BCUT2D eigenvalue weighted by atomic mass is 9.99. The predicted octanol–water partition coefficient (Wildman–Crippen LogP) is 3.37. The van der Waals surface area contributed by atoms with Gasteiger partial charge in [0.25, 0.3) is 0 Å². The number of ether oxygens (including phenoxy) is 2. The van der Waals surface area contributed by atoms with Gasteiger partial charge in [0, 0.05) is 55.9 Å². The number of fused-ring (bicyclic) bond motifs is 2. The molecule has 19 heteroatoms. The van der Waals surface area contributed by atoms with Gasteiger partial charge in [-0.3, -0.25) is 28.8 Å². The van der Waals surface area contributed by atoms with Gasteiger partial charge in [-0.15, -0.1) is 0 Å². The van der Waals surface area contributed by atoms with E-state index in [-0.39, 0.29) is 51.7 Å². The second-order valence-corrected chi connectivity index (χ2v) is 19.2. The summed E-state index contributed by atoms with van der Waals surface area (Å²) in [5.74, 6) is -3.76. The molecule has 2 saturated heterocycles. The number of hydrogen-bond acceptors (Lipinski definition) is 11. The first kappa shape index (κ1) is 54.7. The lowest BCUT2D eigenvalue weighted by Crippen LogP contribution is -2.61. The summed E-state index contributed by atoms with van der Waals surface area (Å²) in [6, 6.07) is 33.6. The zero-order valence-electron chi connectivity index (χ0n) is 42.7. The second-order valence-electron chi connectivity index (χ2n) is 19.2. The number of benzene rings is 5. The van der Waals surface area contributed by atoms with E-state index in [0.29, 0.717) is 54.0 Å². The highest BCUT2D eigenvalue weighted by Crippen LogP contribution is 2.26. The molecule has 77 heavy (non-hydrogen) atoms.